The summed E-state index contributed by atoms with van der Waals surface area (Å²) in [5.74, 6) is 0.342. The number of nitro benzene ring substituents is 1. The number of hydrogen-bond acceptors (Lipinski definition) is 5. The van der Waals surface area contributed by atoms with Crippen LogP contribution in [0.25, 0.3) is 0 Å². The third kappa shape index (κ3) is 2.70. The lowest BCUT2D eigenvalue weighted by atomic mass is 10.2. The number of ether oxygens (including phenoxy) is 1. The minimum Gasteiger partial charge on any atom is -0.430 e. The molecule has 0 unspecified atom stereocenters. The van der Waals surface area contributed by atoms with Gasteiger partial charge in [0.25, 0.3) is 0 Å². The fourth-order valence-electron chi connectivity index (χ4n) is 1.61. The van der Waals surface area contributed by atoms with Crippen LogP contribution in [0.2, 0.25) is 5.15 Å². The van der Waals surface area contributed by atoms with E-state index in [1.54, 1.807) is 26.0 Å². The highest BCUT2D eigenvalue weighted by atomic mass is 35.5. The molecule has 0 aliphatic rings. The van der Waals surface area contributed by atoms with E-state index in [0.29, 0.717) is 5.56 Å². The van der Waals surface area contributed by atoms with Crippen LogP contribution in [0.15, 0.2) is 18.2 Å². The van der Waals surface area contributed by atoms with Crippen molar-refractivity contribution >= 4 is 17.3 Å². The number of aromatic nitrogens is 2. The highest BCUT2D eigenvalue weighted by Gasteiger charge is 2.18. The van der Waals surface area contributed by atoms with Crippen molar-refractivity contribution in [1.29, 1.82) is 0 Å². The molecule has 2 rings (SSSR count). The lowest BCUT2D eigenvalue weighted by molar-refractivity contribution is -0.385. The Morgan fingerprint density at radius 1 is 1.20 bits per heavy atom. The number of halogens is 1. The van der Waals surface area contributed by atoms with Crippen LogP contribution in [0.4, 0.5) is 5.69 Å². The standard InChI is InChI=1S/C13H12ClN3O3/c1-7-4-5-10(17(18)19)11(6-7)20-13-9(3)8(2)12(14)15-16-13/h4-6H,1-3H3. The van der Waals surface area contributed by atoms with Crippen LogP contribution in [0.3, 0.4) is 0 Å². The van der Waals surface area contributed by atoms with E-state index >= 15 is 0 Å². The molecule has 7 heteroatoms. The summed E-state index contributed by atoms with van der Waals surface area (Å²) in [6.07, 6.45) is 0. The zero-order chi connectivity index (χ0) is 14.9. The van der Waals surface area contributed by atoms with Gasteiger partial charge in [-0.15, -0.1) is 10.2 Å². The quantitative estimate of drug-likeness (QED) is 0.636. The zero-order valence-corrected chi connectivity index (χ0v) is 11.9. The molecule has 0 atom stereocenters. The third-order valence-electron chi connectivity index (χ3n) is 2.94. The van der Waals surface area contributed by atoms with Crippen LogP contribution < -0.4 is 4.74 Å². The molecule has 0 amide bonds. The minimum absolute atomic E-state index is 0.121. The van der Waals surface area contributed by atoms with Gasteiger partial charge in [0.05, 0.1) is 4.92 Å². The largest absolute Gasteiger partial charge is 0.430 e. The van der Waals surface area contributed by atoms with Crippen LogP contribution >= 0.6 is 11.6 Å². The molecule has 6 nitrogen and oxygen atoms in total. The van der Waals surface area contributed by atoms with Crippen LogP contribution in [-0.4, -0.2) is 15.1 Å². The minimum atomic E-state index is -0.500. The van der Waals surface area contributed by atoms with Crippen molar-refractivity contribution in [3.8, 4) is 11.6 Å². The monoisotopic (exact) mass is 293 g/mol. The second kappa shape index (κ2) is 5.42. The maximum Gasteiger partial charge on any atom is 0.311 e. The zero-order valence-electron chi connectivity index (χ0n) is 11.2. The van der Waals surface area contributed by atoms with Gasteiger partial charge in [0, 0.05) is 11.6 Å². The number of benzene rings is 1. The van der Waals surface area contributed by atoms with Crippen molar-refractivity contribution in [3.63, 3.8) is 0 Å². The van der Waals surface area contributed by atoms with Crippen molar-refractivity contribution < 1.29 is 9.66 Å². The first-order valence-electron chi connectivity index (χ1n) is 5.82. The van der Waals surface area contributed by atoms with E-state index in [9.17, 15) is 10.1 Å². The first-order valence-corrected chi connectivity index (χ1v) is 6.20. The van der Waals surface area contributed by atoms with Crippen molar-refractivity contribution in [2.75, 3.05) is 0 Å². The van der Waals surface area contributed by atoms with Gasteiger partial charge in [-0.1, -0.05) is 17.7 Å². The SMILES string of the molecule is Cc1ccc([N+](=O)[O-])c(Oc2nnc(Cl)c(C)c2C)c1. The van der Waals surface area contributed by atoms with Gasteiger partial charge in [0.2, 0.25) is 11.6 Å². The molecule has 20 heavy (non-hydrogen) atoms. The van der Waals surface area contributed by atoms with Crippen molar-refractivity contribution in [2.45, 2.75) is 20.8 Å². The molecule has 0 saturated carbocycles. The van der Waals surface area contributed by atoms with Crippen molar-refractivity contribution in [2.24, 2.45) is 0 Å². The number of aryl methyl sites for hydroxylation is 1. The molecule has 1 aromatic heterocycles. The highest BCUT2D eigenvalue weighted by Crippen LogP contribution is 2.33. The summed E-state index contributed by atoms with van der Waals surface area (Å²) in [6.45, 7) is 5.37. The molecule has 1 heterocycles. The predicted molar refractivity (Wildman–Crippen MR) is 74.4 cm³/mol. The van der Waals surface area contributed by atoms with E-state index in [0.717, 1.165) is 11.1 Å². The topological polar surface area (TPSA) is 78.2 Å². The Morgan fingerprint density at radius 3 is 2.55 bits per heavy atom. The van der Waals surface area contributed by atoms with E-state index in [1.807, 2.05) is 6.92 Å². The summed E-state index contributed by atoms with van der Waals surface area (Å²) in [6, 6.07) is 4.63. The average molecular weight is 294 g/mol. The Hall–Kier alpha value is -2.21. The molecular formula is C13H12ClN3O3. The van der Waals surface area contributed by atoms with E-state index in [4.69, 9.17) is 16.3 Å². The third-order valence-corrected chi connectivity index (χ3v) is 3.30. The van der Waals surface area contributed by atoms with Crippen LogP contribution in [-0.2, 0) is 0 Å². The molecule has 0 spiro atoms. The second-order valence-corrected chi connectivity index (χ2v) is 4.73. The Kier molecular flexibility index (Phi) is 3.85. The van der Waals surface area contributed by atoms with E-state index in [2.05, 4.69) is 10.2 Å². The fourth-order valence-corrected chi connectivity index (χ4v) is 1.79. The molecule has 1 aromatic carbocycles. The normalized spacial score (nSPS) is 10.4. The van der Waals surface area contributed by atoms with Crippen LogP contribution in [0.1, 0.15) is 16.7 Å². The maximum atomic E-state index is 11.0. The van der Waals surface area contributed by atoms with Gasteiger partial charge >= 0.3 is 5.69 Å². The summed E-state index contributed by atoms with van der Waals surface area (Å²) in [5.41, 5.74) is 2.15. The summed E-state index contributed by atoms with van der Waals surface area (Å²) in [5, 5.41) is 18.9. The van der Waals surface area contributed by atoms with Crippen molar-refractivity contribution in [3.05, 3.63) is 50.2 Å². The lowest BCUT2D eigenvalue weighted by Crippen LogP contribution is -2.00. The second-order valence-electron chi connectivity index (χ2n) is 4.38. The van der Waals surface area contributed by atoms with Crippen LogP contribution in [0, 0.1) is 30.9 Å². The summed E-state index contributed by atoms with van der Waals surface area (Å²) in [7, 11) is 0. The molecule has 0 aliphatic heterocycles. The first-order chi connectivity index (χ1) is 9.40. The van der Waals surface area contributed by atoms with Gasteiger partial charge in [0.15, 0.2) is 5.15 Å². The van der Waals surface area contributed by atoms with Gasteiger partial charge < -0.3 is 4.74 Å². The molecule has 0 saturated heterocycles. The van der Waals surface area contributed by atoms with E-state index in [-0.39, 0.29) is 22.5 Å². The van der Waals surface area contributed by atoms with Crippen molar-refractivity contribution in [1.82, 2.24) is 10.2 Å². The smallest absolute Gasteiger partial charge is 0.311 e. The summed E-state index contributed by atoms with van der Waals surface area (Å²) < 4.78 is 5.54. The fraction of sp³-hybridized carbons (Fsp3) is 0.231. The van der Waals surface area contributed by atoms with Gasteiger partial charge in [-0.25, -0.2) is 0 Å². The van der Waals surface area contributed by atoms with Gasteiger partial charge in [0.1, 0.15) is 0 Å². The molecule has 104 valence electrons. The molecule has 2 aromatic rings. The highest BCUT2D eigenvalue weighted by molar-refractivity contribution is 6.30. The molecule has 0 aliphatic carbocycles. The number of nitro groups is 1. The van der Waals surface area contributed by atoms with E-state index in [1.165, 1.54) is 6.07 Å². The Bertz CT molecular complexity index is 689. The summed E-state index contributed by atoms with van der Waals surface area (Å²) in [4.78, 5) is 10.5. The Labute approximate surface area is 120 Å². The Balaban J connectivity index is 2.47. The number of nitrogens with zero attached hydrogens (tertiary/aromatic N) is 3. The van der Waals surface area contributed by atoms with Gasteiger partial charge in [-0.3, -0.25) is 10.1 Å². The Morgan fingerprint density at radius 2 is 1.90 bits per heavy atom. The predicted octanol–water partition coefficient (Wildman–Crippen LogP) is 3.76. The molecular weight excluding hydrogens is 282 g/mol. The average Bonchev–Trinajstić information content (AvgIpc) is 2.39. The van der Waals surface area contributed by atoms with E-state index < -0.39 is 4.92 Å². The molecule has 0 radical (unpaired) electrons. The molecule has 0 bridgehead atoms. The first kappa shape index (κ1) is 14.2. The molecule has 0 N–H and O–H groups in total. The maximum absolute atomic E-state index is 11.0. The van der Waals surface area contributed by atoms with Gasteiger partial charge in [-0.2, -0.15) is 0 Å². The summed E-state index contributed by atoms with van der Waals surface area (Å²) >= 11 is 5.86. The lowest BCUT2D eigenvalue weighted by Gasteiger charge is -2.10. The molecule has 0 fully saturated rings. The number of hydrogen-bond donors (Lipinski definition) is 0. The van der Waals surface area contributed by atoms with Crippen LogP contribution in [0.5, 0.6) is 11.6 Å². The number of rotatable bonds is 3. The van der Waals surface area contributed by atoms with Gasteiger partial charge in [-0.05, 0) is 38.0 Å².